The third kappa shape index (κ3) is 9.49. The van der Waals surface area contributed by atoms with Gasteiger partial charge in [0.2, 0.25) is 0 Å². The number of halogens is 1. The van der Waals surface area contributed by atoms with Gasteiger partial charge >= 0.3 is 0 Å². The second-order valence-corrected chi connectivity index (χ2v) is 6.00. The lowest BCUT2D eigenvalue weighted by Gasteiger charge is -2.23. The highest BCUT2D eigenvalue weighted by Crippen LogP contribution is 2.20. The third-order valence-corrected chi connectivity index (χ3v) is 2.99. The van der Waals surface area contributed by atoms with E-state index < -0.39 is 0 Å². The van der Waals surface area contributed by atoms with Crippen molar-refractivity contribution in [3.05, 3.63) is 0 Å². The first kappa shape index (κ1) is 19.0. The number of hydrogen-bond donors (Lipinski definition) is 2. The third-order valence-electron chi connectivity index (χ3n) is 2.99. The molecule has 0 aromatic carbocycles. The van der Waals surface area contributed by atoms with Gasteiger partial charge in [0, 0.05) is 25.7 Å². The Kier molecular flexibility index (Phi) is 9.78. The maximum atomic E-state index is 5.82. The molecular formula is C14H30IN3O. The summed E-state index contributed by atoms with van der Waals surface area (Å²) in [6, 6.07) is 0. The first-order valence-electron chi connectivity index (χ1n) is 7.12. The first-order chi connectivity index (χ1) is 8.51. The number of hydrogen-bond acceptors (Lipinski definition) is 2. The monoisotopic (exact) mass is 383 g/mol. The number of ether oxygens (including phenoxy) is 1. The Morgan fingerprint density at radius 3 is 2.42 bits per heavy atom. The van der Waals surface area contributed by atoms with Crippen LogP contribution in [0.5, 0.6) is 0 Å². The average Bonchev–Trinajstić information content (AvgIpc) is 2.78. The molecule has 5 heteroatoms. The molecule has 1 rings (SSSR count). The van der Waals surface area contributed by atoms with Gasteiger partial charge in [0.1, 0.15) is 0 Å². The summed E-state index contributed by atoms with van der Waals surface area (Å²) < 4.78 is 5.82. The highest BCUT2D eigenvalue weighted by Gasteiger charge is 2.15. The van der Waals surface area contributed by atoms with Crippen LogP contribution in [-0.2, 0) is 4.74 Å². The van der Waals surface area contributed by atoms with Crippen LogP contribution >= 0.6 is 24.0 Å². The van der Waals surface area contributed by atoms with Crippen LogP contribution in [0.15, 0.2) is 4.99 Å². The number of guanidine groups is 1. The van der Waals surface area contributed by atoms with Crippen molar-refractivity contribution in [2.45, 2.75) is 64.5 Å². The van der Waals surface area contributed by atoms with E-state index >= 15 is 0 Å². The maximum absolute atomic E-state index is 5.82. The van der Waals surface area contributed by atoms with E-state index in [0.29, 0.717) is 6.10 Å². The largest absolute Gasteiger partial charge is 0.378 e. The van der Waals surface area contributed by atoms with Gasteiger partial charge in [-0.2, -0.15) is 0 Å². The van der Waals surface area contributed by atoms with Gasteiger partial charge in [-0.3, -0.25) is 4.99 Å². The van der Waals surface area contributed by atoms with Crippen molar-refractivity contribution in [2.24, 2.45) is 4.99 Å². The minimum Gasteiger partial charge on any atom is -0.378 e. The van der Waals surface area contributed by atoms with E-state index in [4.69, 9.17) is 4.74 Å². The van der Waals surface area contributed by atoms with Crippen molar-refractivity contribution < 1.29 is 4.74 Å². The molecule has 4 nitrogen and oxygen atoms in total. The van der Waals surface area contributed by atoms with E-state index in [1.807, 2.05) is 0 Å². The Morgan fingerprint density at radius 2 is 1.89 bits per heavy atom. The molecule has 1 aliphatic rings. The molecular weight excluding hydrogens is 353 g/mol. The van der Waals surface area contributed by atoms with Crippen LogP contribution in [0.3, 0.4) is 0 Å². The summed E-state index contributed by atoms with van der Waals surface area (Å²) in [5.41, 5.74) is 0.0438. The van der Waals surface area contributed by atoms with Gasteiger partial charge in [0.05, 0.1) is 6.10 Å². The predicted molar refractivity (Wildman–Crippen MR) is 92.5 cm³/mol. The quantitative estimate of drug-likeness (QED) is 0.332. The van der Waals surface area contributed by atoms with Gasteiger partial charge in [0.15, 0.2) is 5.96 Å². The predicted octanol–water partition coefficient (Wildman–Crippen LogP) is 2.92. The van der Waals surface area contributed by atoms with Crippen molar-refractivity contribution >= 4 is 29.9 Å². The lowest BCUT2D eigenvalue weighted by Crippen LogP contribution is -2.47. The number of rotatable bonds is 5. The van der Waals surface area contributed by atoms with Crippen molar-refractivity contribution in [3.63, 3.8) is 0 Å². The van der Waals surface area contributed by atoms with E-state index in [9.17, 15) is 0 Å². The molecule has 1 fully saturated rings. The number of aliphatic imine (C=N–C) groups is 1. The van der Waals surface area contributed by atoms with Crippen molar-refractivity contribution in [1.29, 1.82) is 0 Å². The normalized spacial score (nSPS) is 17.2. The molecule has 0 atom stereocenters. The second-order valence-electron chi connectivity index (χ2n) is 6.00. The molecule has 19 heavy (non-hydrogen) atoms. The molecule has 0 radical (unpaired) electrons. The zero-order chi connectivity index (χ0) is 13.4. The molecule has 0 aromatic rings. The van der Waals surface area contributed by atoms with E-state index in [2.05, 4.69) is 36.4 Å². The molecule has 0 spiro atoms. The van der Waals surface area contributed by atoms with Gasteiger partial charge < -0.3 is 15.4 Å². The summed E-state index contributed by atoms with van der Waals surface area (Å²) in [6.45, 7) is 8.14. The van der Waals surface area contributed by atoms with Gasteiger partial charge in [-0.25, -0.2) is 0 Å². The molecule has 0 heterocycles. The minimum atomic E-state index is 0. The molecule has 0 bridgehead atoms. The SMILES string of the molecule is CN=C(NCCCOC1CCCC1)NC(C)(C)C.I. The van der Waals surface area contributed by atoms with Crippen LogP contribution in [0.1, 0.15) is 52.9 Å². The summed E-state index contributed by atoms with van der Waals surface area (Å²) in [7, 11) is 1.80. The molecule has 0 unspecified atom stereocenters. The van der Waals surface area contributed by atoms with Crippen LogP contribution in [0.4, 0.5) is 0 Å². The van der Waals surface area contributed by atoms with E-state index in [1.165, 1.54) is 25.7 Å². The van der Waals surface area contributed by atoms with Crippen LogP contribution in [0.25, 0.3) is 0 Å². The molecule has 0 aliphatic heterocycles. The van der Waals surface area contributed by atoms with Gasteiger partial charge in [0.25, 0.3) is 0 Å². The molecule has 0 aromatic heterocycles. The van der Waals surface area contributed by atoms with E-state index in [1.54, 1.807) is 7.05 Å². The Balaban J connectivity index is 0.00000324. The average molecular weight is 383 g/mol. The highest BCUT2D eigenvalue weighted by atomic mass is 127. The smallest absolute Gasteiger partial charge is 0.191 e. The van der Waals surface area contributed by atoms with Crippen molar-refractivity contribution in [3.8, 4) is 0 Å². The van der Waals surface area contributed by atoms with E-state index in [0.717, 1.165) is 25.5 Å². The highest BCUT2D eigenvalue weighted by molar-refractivity contribution is 14.0. The fraction of sp³-hybridized carbons (Fsp3) is 0.929. The zero-order valence-corrected chi connectivity index (χ0v) is 15.1. The summed E-state index contributed by atoms with van der Waals surface area (Å²) >= 11 is 0. The first-order valence-corrected chi connectivity index (χ1v) is 7.12. The Hall–Kier alpha value is -0.0400. The molecule has 0 amide bonds. The summed E-state index contributed by atoms with van der Waals surface area (Å²) in [5, 5.41) is 6.65. The fourth-order valence-corrected chi connectivity index (χ4v) is 2.12. The zero-order valence-electron chi connectivity index (χ0n) is 12.8. The Morgan fingerprint density at radius 1 is 1.26 bits per heavy atom. The van der Waals surface area contributed by atoms with Crippen LogP contribution < -0.4 is 10.6 Å². The number of nitrogens with one attached hydrogen (secondary N) is 2. The lowest BCUT2D eigenvalue weighted by molar-refractivity contribution is 0.0574. The molecule has 1 saturated carbocycles. The van der Waals surface area contributed by atoms with E-state index in [-0.39, 0.29) is 29.5 Å². The van der Waals surface area contributed by atoms with Crippen LogP contribution in [0, 0.1) is 0 Å². The minimum absolute atomic E-state index is 0. The molecule has 0 saturated heterocycles. The molecule has 2 N–H and O–H groups in total. The number of nitrogens with zero attached hydrogens (tertiary/aromatic N) is 1. The van der Waals surface area contributed by atoms with Gasteiger partial charge in [-0.15, -0.1) is 24.0 Å². The van der Waals surface area contributed by atoms with Gasteiger partial charge in [-0.1, -0.05) is 12.8 Å². The Labute approximate surface area is 135 Å². The Bertz CT molecular complexity index is 258. The maximum Gasteiger partial charge on any atom is 0.191 e. The molecule has 1 aliphatic carbocycles. The fourth-order valence-electron chi connectivity index (χ4n) is 2.12. The van der Waals surface area contributed by atoms with Crippen LogP contribution in [0.2, 0.25) is 0 Å². The summed E-state index contributed by atoms with van der Waals surface area (Å²) in [5.74, 6) is 0.864. The topological polar surface area (TPSA) is 45.7 Å². The molecule has 114 valence electrons. The second kappa shape index (κ2) is 9.80. The summed E-state index contributed by atoms with van der Waals surface area (Å²) in [6.07, 6.45) is 6.73. The van der Waals surface area contributed by atoms with Gasteiger partial charge in [-0.05, 0) is 40.0 Å². The summed E-state index contributed by atoms with van der Waals surface area (Å²) in [4.78, 5) is 4.20. The van der Waals surface area contributed by atoms with Crippen LogP contribution in [-0.4, -0.2) is 37.8 Å². The van der Waals surface area contributed by atoms with Crippen molar-refractivity contribution in [1.82, 2.24) is 10.6 Å². The lowest BCUT2D eigenvalue weighted by atomic mass is 10.1. The van der Waals surface area contributed by atoms with Crippen molar-refractivity contribution in [2.75, 3.05) is 20.2 Å². The standard InChI is InChI=1S/C14H29N3O.HI/c1-14(2,3)17-13(15-4)16-10-7-11-18-12-8-5-6-9-12;/h12H,5-11H2,1-4H3,(H2,15,16,17);1H.